The zero-order chi connectivity index (χ0) is 13.3. The first-order chi connectivity index (χ1) is 8.51. The molecule has 0 radical (unpaired) electrons. The lowest BCUT2D eigenvalue weighted by Crippen LogP contribution is -2.28. The van der Waals surface area contributed by atoms with Gasteiger partial charge >= 0.3 is 0 Å². The molecular weight excluding hydrogens is 383 g/mol. The highest BCUT2D eigenvalue weighted by molar-refractivity contribution is 9.12. The van der Waals surface area contributed by atoms with Gasteiger partial charge < -0.3 is 0 Å². The van der Waals surface area contributed by atoms with Gasteiger partial charge in [0.05, 0.1) is 13.6 Å². The van der Waals surface area contributed by atoms with Crippen LogP contribution >= 0.6 is 43.2 Å². The van der Waals surface area contributed by atoms with Crippen molar-refractivity contribution < 1.29 is 4.39 Å². The van der Waals surface area contributed by atoms with Crippen molar-refractivity contribution in [1.82, 2.24) is 5.43 Å². The molecule has 2 nitrogen and oxygen atoms in total. The van der Waals surface area contributed by atoms with Gasteiger partial charge in [-0.3, -0.25) is 5.84 Å². The van der Waals surface area contributed by atoms with E-state index in [1.807, 2.05) is 19.1 Å². The smallest absolute Gasteiger partial charge is 0.123 e. The van der Waals surface area contributed by atoms with Crippen molar-refractivity contribution in [2.24, 2.45) is 5.84 Å². The van der Waals surface area contributed by atoms with Crippen LogP contribution in [0.25, 0.3) is 0 Å². The number of thiophene rings is 1. The SMILES string of the molecule is Cc1cc(F)cc(C(NN)c2cc(Br)sc2Br)c1. The minimum Gasteiger partial charge on any atom is -0.271 e. The highest BCUT2D eigenvalue weighted by Crippen LogP contribution is 2.37. The Balaban J connectivity index is 2.48. The Morgan fingerprint density at radius 2 is 2.00 bits per heavy atom. The maximum atomic E-state index is 13.5. The molecule has 1 aromatic heterocycles. The third-order valence-electron chi connectivity index (χ3n) is 2.56. The molecule has 2 aromatic rings. The number of aryl methyl sites for hydroxylation is 1. The summed E-state index contributed by atoms with van der Waals surface area (Å²) in [5.41, 5.74) is 5.40. The van der Waals surface area contributed by atoms with E-state index in [9.17, 15) is 4.39 Å². The lowest BCUT2D eigenvalue weighted by Gasteiger charge is -2.16. The lowest BCUT2D eigenvalue weighted by atomic mass is 10.00. The van der Waals surface area contributed by atoms with Gasteiger partial charge in [-0.25, -0.2) is 9.82 Å². The molecule has 1 unspecified atom stereocenters. The number of halogens is 3. The van der Waals surface area contributed by atoms with Gasteiger partial charge in [-0.1, -0.05) is 6.07 Å². The van der Waals surface area contributed by atoms with E-state index in [1.54, 1.807) is 11.3 Å². The summed E-state index contributed by atoms with van der Waals surface area (Å²) in [5.74, 6) is 5.36. The molecule has 1 heterocycles. The van der Waals surface area contributed by atoms with Crippen molar-refractivity contribution in [2.75, 3.05) is 0 Å². The van der Waals surface area contributed by atoms with E-state index >= 15 is 0 Å². The van der Waals surface area contributed by atoms with E-state index in [0.717, 1.165) is 24.3 Å². The molecule has 2 rings (SSSR count). The molecule has 0 fully saturated rings. The first-order valence-corrected chi connectivity index (χ1v) is 7.59. The topological polar surface area (TPSA) is 38.0 Å². The number of benzene rings is 1. The molecule has 0 saturated carbocycles. The summed E-state index contributed by atoms with van der Waals surface area (Å²) in [6, 6.07) is 6.65. The molecule has 18 heavy (non-hydrogen) atoms. The largest absolute Gasteiger partial charge is 0.271 e. The van der Waals surface area contributed by atoms with E-state index in [-0.39, 0.29) is 11.9 Å². The molecule has 0 amide bonds. The fourth-order valence-corrected chi connectivity index (χ4v) is 4.75. The molecule has 0 aliphatic rings. The van der Waals surface area contributed by atoms with Gasteiger partial charge in [-0.05, 0) is 68.1 Å². The van der Waals surface area contributed by atoms with Crippen LogP contribution in [0.2, 0.25) is 0 Å². The Hall–Kier alpha value is -0.270. The van der Waals surface area contributed by atoms with Gasteiger partial charge in [-0.15, -0.1) is 11.3 Å². The maximum Gasteiger partial charge on any atom is 0.123 e. The molecule has 1 aromatic carbocycles. The molecular formula is C12H11Br2FN2S. The first-order valence-electron chi connectivity index (χ1n) is 5.19. The standard InChI is InChI=1S/C12H11Br2FN2S/c1-6-2-7(4-8(15)3-6)11(17-16)9-5-10(13)18-12(9)14/h2-5,11,17H,16H2,1H3. The summed E-state index contributed by atoms with van der Waals surface area (Å²) in [4.78, 5) is 0. The number of hydrogen-bond acceptors (Lipinski definition) is 3. The van der Waals surface area contributed by atoms with Crippen LogP contribution in [-0.4, -0.2) is 0 Å². The molecule has 3 N–H and O–H groups in total. The molecule has 96 valence electrons. The van der Waals surface area contributed by atoms with Crippen LogP contribution in [0.15, 0.2) is 31.8 Å². The molecule has 6 heteroatoms. The van der Waals surface area contributed by atoms with Crippen LogP contribution in [0.3, 0.4) is 0 Å². The predicted octanol–water partition coefficient (Wildman–Crippen LogP) is 4.27. The van der Waals surface area contributed by atoms with Gasteiger partial charge in [0.1, 0.15) is 5.82 Å². The maximum absolute atomic E-state index is 13.5. The Bertz CT molecular complexity index is 551. The molecule has 0 aliphatic carbocycles. The van der Waals surface area contributed by atoms with E-state index in [0.29, 0.717) is 0 Å². The van der Waals surface area contributed by atoms with Gasteiger partial charge in [0.15, 0.2) is 0 Å². The number of nitrogens with two attached hydrogens (primary N) is 1. The molecule has 0 aliphatic heterocycles. The van der Waals surface area contributed by atoms with Gasteiger partial charge in [-0.2, -0.15) is 0 Å². The second-order valence-corrected chi connectivity index (χ2v) is 7.69. The number of hydrazine groups is 1. The summed E-state index contributed by atoms with van der Waals surface area (Å²) < 4.78 is 15.4. The molecule has 0 saturated heterocycles. The Morgan fingerprint density at radius 1 is 1.28 bits per heavy atom. The number of rotatable bonds is 3. The zero-order valence-corrected chi connectivity index (χ0v) is 13.5. The zero-order valence-electron chi connectivity index (χ0n) is 9.51. The van der Waals surface area contributed by atoms with Crippen LogP contribution in [-0.2, 0) is 0 Å². The van der Waals surface area contributed by atoms with Crippen LogP contribution < -0.4 is 11.3 Å². The fourth-order valence-electron chi connectivity index (χ4n) is 1.85. The van der Waals surface area contributed by atoms with Crippen molar-refractivity contribution in [3.63, 3.8) is 0 Å². The molecule has 1 atom stereocenters. The lowest BCUT2D eigenvalue weighted by molar-refractivity contribution is 0.604. The summed E-state index contributed by atoms with van der Waals surface area (Å²) in [6.07, 6.45) is 0. The predicted molar refractivity (Wildman–Crippen MR) is 80.0 cm³/mol. The average molecular weight is 394 g/mol. The van der Waals surface area contributed by atoms with Crippen LogP contribution in [0, 0.1) is 12.7 Å². The highest BCUT2D eigenvalue weighted by atomic mass is 79.9. The quantitative estimate of drug-likeness (QED) is 0.603. The normalized spacial score (nSPS) is 12.7. The molecule has 0 bridgehead atoms. The fraction of sp³-hybridized carbons (Fsp3) is 0.167. The summed E-state index contributed by atoms with van der Waals surface area (Å²) in [6.45, 7) is 1.86. The van der Waals surface area contributed by atoms with Gasteiger partial charge in [0.25, 0.3) is 0 Å². The Labute approximate surface area is 126 Å². The van der Waals surface area contributed by atoms with Crippen LogP contribution in [0.1, 0.15) is 22.7 Å². The van der Waals surface area contributed by atoms with Crippen molar-refractivity contribution in [2.45, 2.75) is 13.0 Å². The van der Waals surface area contributed by atoms with Crippen molar-refractivity contribution >= 4 is 43.2 Å². The third kappa shape index (κ3) is 3.00. The van der Waals surface area contributed by atoms with E-state index in [4.69, 9.17) is 5.84 Å². The Morgan fingerprint density at radius 3 is 2.50 bits per heavy atom. The summed E-state index contributed by atoms with van der Waals surface area (Å²) in [7, 11) is 0. The summed E-state index contributed by atoms with van der Waals surface area (Å²) in [5, 5.41) is 0. The minimum atomic E-state index is -0.254. The van der Waals surface area contributed by atoms with Gasteiger partial charge in [0.2, 0.25) is 0 Å². The monoisotopic (exact) mass is 392 g/mol. The number of nitrogens with one attached hydrogen (secondary N) is 1. The highest BCUT2D eigenvalue weighted by Gasteiger charge is 2.18. The van der Waals surface area contributed by atoms with Gasteiger partial charge in [0, 0.05) is 5.56 Å². The Kier molecular flexibility index (Phi) is 4.55. The van der Waals surface area contributed by atoms with Crippen molar-refractivity contribution in [3.05, 3.63) is 54.3 Å². The first kappa shape index (κ1) is 14.1. The van der Waals surface area contributed by atoms with Crippen molar-refractivity contribution in [1.29, 1.82) is 0 Å². The number of hydrogen-bond donors (Lipinski definition) is 2. The van der Waals surface area contributed by atoms with E-state index in [1.165, 1.54) is 12.1 Å². The van der Waals surface area contributed by atoms with Crippen LogP contribution in [0.4, 0.5) is 4.39 Å². The average Bonchev–Trinajstić information content (AvgIpc) is 2.58. The summed E-state index contributed by atoms with van der Waals surface area (Å²) >= 11 is 8.48. The third-order valence-corrected chi connectivity index (χ3v) is 4.94. The second-order valence-electron chi connectivity index (χ2n) is 3.94. The van der Waals surface area contributed by atoms with Crippen LogP contribution in [0.5, 0.6) is 0 Å². The molecule has 0 spiro atoms. The minimum absolute atomic E-state index is 0.240. The van der Waals surface area contributed by atoms with E-state index < -0.39 is 0 Å². The van der Waals surface area contributed by atoms with Crippen molar-refractivity contribution in [3.8, 4) is 0 Å². The second kappa shape index (κ2) is 5.79. The van der Waals surface area contributed by atoms with E-state index in [2.05, 4.69) is 37.3 Å².